The Bertz CT molecular complexity index is 808. The lowest BCUT2D eigenvalue weighted by Crippen LogP contribution is -2.27. The fraction of sp³-hybridized carbons (Fsp3) is 0.200. The molecule has 0 radical (unpaired) electrons. The van der Waals surface area contributed by atoms with Crippen molar-refractivity contribution in [1.82, 2.24) is 5.32 Å². The first-order valence-corrected chi connectivity index (χ1v) is 8.08. The summed E-state index contributed by atoms with van der Waals surface area (Å²) in [6.07, 6.45) is 2.05. The van der Waals surface area contributed by atoms with E-state index in [0.29, 0.717) is 18.7 Å². The summed E-state index contributed by atoms with van der Waals surface area (Å²) in [7, 11) is 3.19. The second-order valence-corrected chi connectivity index (χ2v) is 5.40. The van der Waals surface area contributed by atoms with Gasteiger partial charge in [0.2, 0.25) is 0 Å². The monoisotopic (exact) mass is 351 g/mol. The third-order valence-electron chi connectivity index (χ3n) is 3.68. The molecule has 0 saturated carbocycles. The van der Waals surface area contributed by atoms with Gasteiger partial charge in [0.15, 0.2) is 0 Å². The van der Waals surface area contributed by atoms with Gasteiger partial charge in [-0.3, -0.25) is 4.79 Å². The van der Waals surface area contributed by atoms with Crippen molar-refractivity contribution in [2.75, 3.05) is 26.1 Å². The van der Waals surface area contributed by atoms with Crippen molar-refractivity contribution in [3.05, 3.63) is 65.9 Å². The zero-order valence-corrected chi connectivity index (χ0v) is 14.8. The maximum atomic E-state index is 12.1. The number of nitriles is 1. The zero-order chi connectivity index (χ0) is 18.8. The number of methoxy groups -OCH3 is 2. The lowest BCUT2D eigenvalue weighted by Gasteiger charge is -2.07. The molecule has 6 heteroatoms. The first kappa shape index (κ1) is 18.9. The Balaban J connectivity index is 1.87. The van der Waals surface area contributed by atoms with Crippen molar-refractivity contribution >= 4 is 11.6 Å². The second-order valence-electron chi connectivity index (χ2n) is 5.40. The molecule has 2 rings (SSSR count). The van der Waals surface area contributed by atoms with Crippen molar-refractivity contribution in [3.8, 4) is 17.6 Å². The maximum Gasteiger partial charge on any atom is 0.263 e. The molecule has 0 atom stereocenters. The average Bonchev–Trinajstić information content (AvgIpc) is 2.69. The van der Waals surface area contributed by atoms with Gasteiger partial charge in [-0.05, 0) is 36.2 Å². The van der Waals surface area contributed by atoms with E-state index >= 15 is 0 Å². The highest BCUT2D eigenvalue weighted by atomic mass is 16.5. The van der Waals surface area contributed by atoms with Crippen LogP contribution in [0.1, 0.15) is 5.56 Å². The molecule has 0 spiro atoms. The Morgan fingerprint density at radius 1 is 1.12 bits per heavy atom. The van der Waals surface area contributed by atoms with Crippen molar-refractivity contribution in [3.63, 3.8) is 0 Å². The number of anilines is 1. The van der Waals surface area contributed by atoms with E-state index in [4.69, 9.17) is 9.47 Å². The number of amides is 1. The predicted octanol–water partition coefficient (Wildman–Crippen LogP) is 2.88. The molecule has 0 heterocycles. The van der Waals surface area contributed by atoms with E-state index in [-0.39, 0.29) is 5.57 Å². The topological polar surface area (TPSA) is 83.4 Å². The van der Waals surface area contributed by atoms with Gasteiger partial charge in [-0.25, -0.2) is 0 Å². The van der Waals surface area contributed by atoms with Gasteiger partial charge >= 0.3 is 0 Å². The van der Waals surface area contributed by atoms with Crippen LogP contribution >= 0.6 is 0 Å². The highest BCUT2D eigenvalue weighted by Crippen LogP contribution is 2.17. The fourth-order valence-corrected chi connectivity index (χ4v) is 2.22. The van der Waals surface area contributed by atoms with Crippen molar-refractivity contribution in [2.24, 2.45) is 0 Å². The van der Waals surface area contributed by atoms with Crippen LogP contribution in [-0.4, -0.2) is 26.7 Å². The lowest BCUT2D eigenvalue weighted by molar-refractivity contribution is -0.117. The molecule has 0 aliphatic carbocycles. The number of carbonyl (C=O) groups excluding carboxylic acids is 1. The summed E-state index contributed by atoms with van der Waals surface area (Å²) >= 11 is 0. The standard InChI is InChI=1S/C20H21N3O3/c1-25-18-8-6-15(7-9-18)10-11-22-20(24)16(13-21)14-23-17-4-3-5-19(12-17)26-2/h3-9,12,14,23H,10-11H2,1-2H3,(H,22,24)/b16-14-. The normalized spacial score (nSPS) is 10.6. The van der Waals surface area contributed by atoms with Crippen LogP contribution in [0.3, 0.4) is 0 Å². The largest absolute Gasteiger partial charge is 0.497 e. The van der Waals surface area contributed by atoms with Crippen LogP contribution in [0.2, 0.25) is 0 Å². The Labute approximate surface area is 153 Å². The summed E-state index contributed by atoms with van der Waals surface area (Å²) < 4.78 is 10.2. The molecule has 6 nitrogen and oxygen atoms in total. The number of hydrogen-bond donors (Lipinski definition) is 2. The zero-order valence-electron chi connectivity index (χ0n) is 14.8. The van der Waals surface area contributed by atoms with Crippen LogP contribution in [0.5, 0.6) is 11.5 Å². The van der Waals surface area contributed by atoms with Crippen LogP contribution in [0.15, 0.2) is 60.3 Å². The highest BCUT2D eigenvalue weighted by Gasteiger charge is 2.08. The molecule has 2 N–H and O–H groups in total. The molecule has 0 aromatic heterocycles. The quantitative estimate of drug-likeness (QED) is 0.564. The predicted molar refractivity (Wildman–Crippen MR) is 100 cm³/mol. The summed E-state index contributed by atoms with van der Waals surface area (Å²) in [6.45, 7) is 0.434. The van der Waals surface area contributed by atoms with Gasteiger partial charge in [-0.15, -0.1) is 0 Å². The minimum Gasteiger partial charge on any atom is -0.497 e. The van der Waals surface area contributed by atoms with E-state index in [1.165, 1.54) is 6.20 Å². The fourth-order valence-electron chi connectivity index (χ4n) is 2.22. The molecule has 0 bridgehead atoms. The molecule has 0 fully saturated rings. The highest BCUT2D eigenvalue weighted by molar-refractivity contribution is 5.97. The second kappa shape index (κ2) is 9.74. The number of nitrogens with one attached hydrogen (secondary N) is 2. The molecule has 1 amide bonds. The van der Waals surface area contributed by atoms with Gasteiger partial charge in [-0.1, -0.05) is 18.2 Å². The molecule has 0 aliphatic heterocycles. The van der Waals surface area contributed by atoms with E-state index in [9.17, 15) is 10.1 Å². The Morgan fingerprint density at radius 2 is 1.85 bits per heavy atom. The van der Waals surface area contributed by atoms with Gasteiger partial charge in [0.1, 0.15) is 23.1 Å². The van der Waals surface area contributed by atoms with Gasteiger partial charge in [0, 0.05) is 24.5 Å². The number of ether oxygens (including phenoxy) is 2. The van der Waals surface area contributed by atoms with E-state index < -0.39 is 5.91 Å². The number of carbonyl (C=O) groups is 1. The summed E-state index contributed by atoms with van der Waals surface area (Å²) in [4.78, 5) is 12.1. The number of rotatable bonds is 8. The molecule has 0 saturated heterocycles. The van der Waals surface area contributed by atoms with Crippen LogP contribution < -0.4 is 20.1 Å². The van der Waals surface area contributed by atoms with Gasteiger partial charge in [0.05, 0.1) is 14.2 Å². The number of hydrogen-bond acceptors (Lipinski definition) is 5. The minimum absolute atomic E-state index is 0.00236. The third-order valence-corrected chi connectivity index (χ3v) is 3.68. The lowest BCUT2D eigenvalue weighted by atomic mass is 10.1. The number of benzene rings is 2. The van der Waals surface area contributed by atoms with Crippen molar-refractivity contribution in [2.45, 2.75) is 6.42 Å². The first-order valence-electron chi connectivity index (χ1n) is 8.08. The average molecular weight is 351 g/mol. The molecule has 0 unspecified atom stereocenters. The smallest absolute Gasteiger partial charge is 0.263 e. The Hall–Kier alpha value is -3.46. The van der Waals surface area contributed by atoms with Crippen LogP contribution in [0.4, 0.5) is 5.69 Å². The minimum atomic E-state index is -0.420. The molecule has 26 heavy (non-hydrogen) atoms. The SMILES string of the molecule is COc1ccc(CCNC(=O)/C(C#N)=C\Nc2cccc(OC)c2)cc1. The van der Waals surface area contributed by atoms with E-state index in [2.05, 4.69) is 10.6 Å². The maximum absolute atomic E-state index is 12.1. The molecular weight excluding hydrogens is 330 g/mol. The molecule has 2 aromatic rings. The van der Waals surface area contributed by atoms with Crippen LogP contribution in [0.25, 0.3) is 0 Å². The Kier molecular flexibility index (Phi) is 7.07. The molecule has 134 valence electrons. The molecular formula is C20H21N3O3. The van der Waals surface area contributed by atoms with E-state index in [1.807, 2.05) is 48.5 Å². The van der Waals surface area contributed by atoms with Crippen molar-refractivity contribution in [1.29, 1.82) is 5.26 Å². The van der Waals surface area contributed by atoms with Gasteiger partial charge in [0.25, 0.3) is 5.91 Å². The third kappa shape index (κ3) is 5.56. The van der Waals surface area contributed by atoms with Crippen molar-refractivity contribution < 1.29 is 14.3 Å². The summed E-state index contributed by atoms with van der Waals surface area (Å²) in [5.74, 6) is 1.05. The summed E-state index contributed by atoms with van der Waals surface area (Å²) in [5, 5.41) is 14.9. The Morgan fingerprint density at radius 3 is 2.50 bits per heavy atom. The first-order chi connectivity index (χ1) is 12.7. The van der Waals surface area contributed by atoms with Crippen LogP contribution in [0, 0.1) is 11.3 Å². The molecule has 0 aliphatic rings. The van der Waals surface area contributed by atoms with Gasteiger partial charge in [-0.2, -0.15) is 5.26 Å². The van der Waals surface area contributed by atoms with Crippen LogP contribution in [-0.2, 0) is 11.2 Å². The number of nitrogens with zero attached hydrogens (tertiary/aromatic N) is 1. The van der Waals surface area contributed by atoms with Gasteiger partial charge < -0.3 is 20.1 Å². The van der Waals surface area contributed by atoms with E-state index in [1.54, 1.807) is 20.3 Å². The summed E-state index contributed by atoms with van der Waals surface area (Å²) in [5.41, 5.74) is 1.80. The molecule has 2 aromatic carbocycles. The summed E-state index contributed by atoms with van der Waals surface area (Å²) in [6, 6.07) is 16.7. The van der Waals surface area contributed by atoms with E-state index in [0.717, 1.165) is 17.0 Å².